The van der Waals surface area contributed by atoms with Crippen molar-refractivity contribution in [1.82, 2.24) is 21.7 Å². The largest absolute Gasteiger partial charge is 0.454 e. The van der Waals surface area contributed by atoms with Crippen LogP contribution < -0.4 is 32.3 Å². The highest BCUT2D eigenvalue weighted by Gasteiger charge is 2.49. The number of hydrazine groups is 2. The van der Waals surface area contributed by atoms with E-state index in [1.165, 1.54) is 0 Å². The lowest BCUT2D eigenvalue weighted by atomic mass is 10.0. The van der Waals surface area contributed by atoms with Crippen molar-refractivity contribution in [2.24, 2.45) is 0 Å². The highest BCUT2D eigenvalue weighted by molar-refractivity contribution is 7.80. The fourth-order valence-electron chi connectivity index (χ4n) is 3.86. The molecule has 0 heterocycles. The first-order chi connectivity index (χ1) is 22.5. The van der Waals surface area contributed by atoms with E-state index in [0.29, 0.717) is 11.4 Å². The standard InChI is InChI=1S/C30H36N6O10S2/c1-15-7-11-21(12-8-15)31-29(47)35-33-27(41)25(45-19(5)39)23(43-17(3)37)24(44-18(4)38)26(46-20(6)40)28(42)34-36-30(48)32-22-13-9-16(2)10-14-22/h7-14,23-26H,1-6H3,(H,33,41)(H,34,42)(H2,31,35,47)(H2,32,36,48)/t23-,24+,25+,26-. The molecule has 4 atom stereocenters. The average molecular weight is 705 g/mol. The fraction of sp³-hybridized carbons (Fsp3) is 0.333. The van der Waals surface area contributed by atoms with Gasteiger partial charge in [-0.3, -0.25) is 50.5 Å². The molecule has 0 aliphatic heterocycles. The molecule has 2 aromatic rings. The van der Waals surface area contributed by atoms with Crippen LogP contribution in [0, 0.1) is 13.8 Å². The normalized spacial score (nSPS) is 12.7. The molecule has 0 fully saturated rings. The van der Waals surface area contributed by atoms with Gasteiger partial charge < -0.3 is 29.6 Å². The minimum atomic E-state index is -2.09. The van der Waals surface area contributed by atoms with Gasteiger partial charge in [-0.25, -0.2) is 0 Å². The Morgan fingerprint density at radius 3 is 1.06 bits per heavy atom. The lowest BCUT2D eigenvalue weighted by molar-refractivity contribution is -0.200. The van der Waals surface area contributed by atoms with E-state index in [4.69, 9.17) is 43.4 Å². The number of carbonyl (C=O) groups excluding carboxylic acids is 6. The Morgan fingerprint density at radius 2 is 0.792 bits per heavy atom. The van der Waals surface area contributed by atoms with Crippen molar-refractivity contribution < 1.29 is 47.7 Å². The number of hydrogen-bond donors (Lipinski definition) is 6. The molecule has 0 aliphatic carbocycles. The van der Waals surface area contributed by atoms with Gasteiger partial charge >= 0.3 is 23.9 Å². The predicted octanol–water partition coefficient (Wildman–Crippen LogP) is 1.37. The summed E-state index contributed by atoms with van der Waals surface area (Å²) in [5.41, 5.74) is 12.4. The fourth-order valence-corrected chi connectivity index (χ4v) is 4.20. The maximum Gasteiger partial charge on any atom is 0.303 e. The van der Waals surface area contributed by atoms with E-state index < -0.39 is 60.1 Å². The van der Waals surface area contributed by atoms with Crippen molar-refractivity contribution in [2.45, 2.75) is 66.0 Å². The molecule has 2 aromatic carbocycles. The zero-order valence-electron chi connectivity index (χ0n) is 26.8. The Morgan fingerprint density at radius 1 is 0.500 bits per heavy atom. The van der Waals surface area contributed by atoms with E-state index in [9.17, 15) is 28.8 Å². The molecule has 2 rings (SSSR count). The van der Waals surface area contributed by atoms with Crippen LogP contribution in [-0.4, -0.2) is 70.3 Å². The van der Waals surface area contributed by atoms with Gasteiger partial charge in [-0.1, -0.05) is 35.4 Å². The molecule has 0 bridgehead atoms. The first-order valence-electron chi connectivity index (χ1n) is 14.1. The van der Waals surface area contributed by atoms with Gasteiger partial charge in [0.1, 0.15) is 0 Å². The number of aryl methyl sites for hydroxylation is 2. The second-order valence-corrected chi connectivity index (χ2v) is 10.9. The van der Waals surface area contributed by atoms with Crippen molar-refractivity contribution >= 4 is 81.7 Å². The minimum absolute atomic E-state index is 0.0900. The molecule has 0 saturated heterocycles. The third-order valence-corrected chi connectivity index (χ3v) is 6.25. The Labute approximate surface area is 286 Å². The number of thiocarbonyl (C=S) groups is 2. The lowest BCUT2D eigenvalue weighted by Gasteiger charge is -2.34. The van der Waals surface area contributed by atoms with Crippen LogP contribution in [0.25, 0.3) is 0 Å². The summed E-state index contributed by atoms with van der Waals surface area (Å²) in [6, 6.07) is 14.2. The van der Waals surface area contributed by atoms with Gasteiger partial charge in [0.15, 0.2) is 22.4 Å². The molecule has 0 aliphatic rings. The van der Waals surface area contributed by atoms with Crippen molar-refractivity contribution in [1.29, 1.82) is 0 Å². The van der Waals surface area contributed by atoms with Crippen molar-refractivity contribution in [3.8, 4) is 0 Å². The Hall–Kier alpha value is -5.36. The predicted molar refractivity (Wildman–Crippen MR) is 180 cm³/mol. The molecule has 0 saturated carbocycles. The monoisotopic (exact) mass is 704 g/mol. The molecule has 258 valence electrons. The number of nitrogens with one attached hydrogen (secondary N) is 6. The summed E-state index contributed by atoms with van der Waals surface area (Å²) in [7, 11) is 0. The Kier molecular flexibility index (Phi) is 15.1. The van der Waals surface area contributed by atoms with Crippen molar-refractivity contribution in [3.05, 3.63) is 59.7 Å². The average Bonchev–Trinajstić information content (AvgIpc) is 3.00. The van der Waals surface area contributed by atoms with Gasteiger partial charge in [0.25, 0.3) is 11.8 Å². The molecule has 0 radical (unpaired) electrons. The third-order valence-electron chi connectivity index (χ3n) is 5.84. The van der Waals surface area contributed by atoms with E-state index >= 15 is 0 Å². The van der Waals surface area contributed by atoms with Crippen LogP contribution in [0.15, 0.2) is 48.5 Å². The molecule has 2 amide bonds. The van der Waals surface area contributed by atoms with Gasteiger partial charge in [-0.15, -0.1) is 0 Å². The Balaban J connectivity index is 2.36. The van der Waals surface area contributed by atoms with Crippen molar-refractivity contribution in [2.75, 3.05) is 10.6 Å². The number of anilines is 2. The number of benzene rings is 2. The molecule has 6 N–H and O–H groups in total. The number of amides is 2. The maximum absolute atomic E-state index is 13.4. The number of hydrogen-bond acceptors (Lipinski definition) is 12. The topological polar surface area (TPSA) is 212 Å². The first kappa shape index (κ1) is 38.8. The summed E-state index contributed by atoms with van der Waals surface area (Å²) in [4.78, 5) is 75.5. The van der Waals surface area contributed by atoms with Gasteiger partial charge in [-0.2, -0.15) is 0 Å². The van der Waals surface area contributed by atoms with Crippen LogP contribution in [0.3, 0.4) is 0 Å². The van der Waals surface area contributed by atoms with Crippen molar-refractivity contribution in [3.63, 3.8) is 0 Å². The zero-order valence-corrected chi connectivity index (χ0v) is 28.5. The first-order valence-corrected chi connectivity index (χ1v) is 14.9. The highest BCUT2D eigenvalue weighted by Crippen LogP contribution is 2.20. The summed E-state index contributed by atoms with van der Waals surface area (Å²) in [5, 5.41) is 5.46. The molecule has 0 spiro atoms. The van der Waals surface area contributed by atoms with Gasteiger partial charge in [0.2, 0.25) is 12.2 Å². The summed E-state index contributed by atoms with van der Waals surface area (Å²) >= 11 is 10.4. The number of rotatable bonds is 11. The second-order valence-electron chi connectivity index (χ2n) is 10.1. The summed E-state index contributed by atoms with van der Waals surface area (Å²) in [6.07, 6.45) is -8.28. The van der Waals surface area contributed by atoms with E-state index in [-0.39, 0.29) is 10.2 Å². The quantitative estimate of drug-likeness (QED) is 0.0844. The zero-order chi connectivity index (χ0) is 36.0. The molecular weight excluding hydrogens is 668 g/mol. The number of ether oxygens (including phenoxy) is 4. The van der Waals surface area contributed by atoms with E-state index in [1.807, 2.05) is 38.1 Å². The molecule has 16 nitrogen and oxygen atoms in total. The van der Waals surface area contributed by atoms with Gasteiger partial charge in [0.05, 0.1) is 0 Å². The maximum atomic E-state index is 13.4. The molecule has 48 heavy (non-hydrogen) atoms. The molecule has 0 unspecified atom stereocenters. The third kappa shape index (κ3) is 13.6. The van der Waals surface area contributed by atoms with E-state index in [2.05, 4.69) is 32.3 Å². The highest BCUT2D eigenvalue weighted by atomic mass is 32.1. The van der Waals surface area contributed by atoms with Crippen LogP contribution >= 0.6 is 24.4 Å². The van der Waals surface area contributed by atoms with Crippen LogP contribution in [0.5, 0.6) is 0 Å². The second kappa shape index (κ2) is 18.7. The number of carbonyl (C=O) groups is 6. The summed E-state index contributed by atoms with van der Waals surface area (Å²) in [6.45, 7) is 7.57. The summed E-state index contributed by atoms with van der Waals surface area (Å²) in [5.74, 6) is -6.48. The number of esters is 4. The molecule has 18 heteroatoms. The molecule has 0 aromatic heterocycles. The molecular formula is C30H36N6O10S2. The van der Waals surface area contributed by atoms with Gasteiger partial charge in [0, 0.05) is 39.1 Å². The SMILES string of the molecule is CC(=O)O[C@H]([C@H](OC(C)=O)[C@@H](OC(C)=O)C(=O)NNC(=S)Nc1ccc(C)cc1)[C@H](OC(C)=O)C(=O)NNC(=S)Nc1ccc(C)cc1. The van der Waals surface area contributed by atoms with Gasteiger partial charge in [-0.05, 0) is 62.5 Å². The van der Waals surface area contributed by atoms with Crippen LogP contribution in [0.4, 0.5) is 11.4 Å². The van der Waals surface area contributed by atoms with Crippen LogP contribution in [0.1, 0.15) is 38.8 Å². The van der Waals surface area contributed by atoms with E-state index in [0.717, 1.165) is 38.8 Å². The lowest BCUT2D eigenvalue weighted by Crippen LogP contribution is -2.61. The van der Waals surface area contributed by atoms with Crippen LogP contribution in [-0.2, 0) is 47.7 Å². The summed E-state index contributed by atoms with van der Waals surface area (Å²) < 4.78 is 20.9. The Bertz CT molecular complexity index is 1410. The van der Waals surface area contributed by atoms with Crippen LogP contribution in [0.2, 0.25) is 0 Å². The minimum Gasteiger partial charge on any atom is -0.454 e. The van der Waals surface area contributed by atoms with E-state index in [1.54, 1.807) is 24.3 Å². The smallest absolute Gasteiger partial charge is 0.303 e.